The summed E-state index contributed by atoms with van der Waals surface area (Å²) >= 11 is 5.81. The summed E-state index contributed by atoms with van der Waals surface area (Å²) in [4.78, 5) is 3.68. The van der Waals surface area contributed by atoms with Crippen LogP contribution in [0.5, 0.6) is 0 Å². The molecule has 2 aromatic rings. The van der Waals surface area contributed by atoms with Gasteiger partial charge in [0.1, 0.15) is 17.0 Å². The fourth-order valence-corrected chi connectivity index (χ4v) is 2.93. The lowest BCUT2D eigenvalue weighted by atomic mass is 10.2. The van der Waals surface area contributed by atoms with Crippen LogP contribution in [0.3, 0.4) is 0 Å². The summed E-state index contributed by atoms with van der Waals surface area (Å²) in [6.45, 7) is 0. The topological polar surface area (TPSA) is 87.8 Å². The molecule has 1 aromatic heterocycles. The Bertz CT molecular complexity index is 810. The highest BCUT2D eigenvalue weighted by Gasteiger charge is 2.22. The Labute approximate surface area is 119 Å². The Morgan fingerprint density at radius 1 is 1.50 bits per heavy atom. The van der Waals surface area contributed by atoms with E-state index in [1.807, 2.05) is 0 Å². The molecule has 0 atom stereocenters. The van der Waals surface area contributed by atoms with E-state index in [1.165, 1.54) is 17.0 Å². The zero-order valence-corrected chi connectivity index (χ0v) is 11.7. The zero-order chi connectivity index (χ0) is 14.9. The number of rotatable bonds is 3. The standard InChI is InChI=1S/C11H8ClFN4O2S/c1-17-6-15-11(10(17)12)20(18,19)16-8-2-3-9(13)7(4-8)5-14/h2-4,6,16H,1H3. The molecule has 1 N–H and O–H groups in total. The molecule has 9 heteroatoms. The average molecular weight is 315 g/mol. The molecule has 104 valence electrons. The number of nitrogens with one attached hydrogen (secondary N) is 1. The monoisotopic (exact) mass is 314 g/mol. The van der Waals surface area contributed by atoms with Gasteiger partial charge in [0.05, 0.1) is 17.6 Å². The molecule has 0 saturated carbocycles. The summed E-state index contributed by atoms with van der Waals surface area (Å²) in [7, 11) is -2.47. The molecule has 2 rings (SSSR count). The second kappa shape index (κ2) is 5.11. The maximum atomic E-state index is 13.2. The first-order valence-corrected chi connectivity index (χ1v) is 7.10. The maximum absolute atomic E-state index is 13.2. The Hall–Kier alpha value is -2.11. The van der Waals surface area contributed by atoms with Crippen molar-refractivity contribution in [2.24, 2.45) is 7.05 Å². The molecule has 0 radical (unpaired) electrons. The van der Waals surface area contributed by atoms with Gasteiger partial charge in [0, 0.05) is 7.05 Å². The van der Waals surface area contributed by atoms with Gasteiger partial charge in [-0.1, -0.05) is 11.6 Å². The number of halogens is 2. The zero-order valence-electron chi connectivity index (χ0n) is 10.1. The van der Waals surface area contributed by atoms with Crippen molar-refractivity contribution in [3.63, 3.8) is 0 Å². The SMILES string of the molecule is Cn1cnc(S(=O)(=O)Nc2ccc(F)c(C#N)c2)c1Cl. The van der Waals surface area contributed by atoms with E-state index in [1.54, 1.807) is 13.1 Å². The molecule has 1 heterocycles. The van der Waals surface area contributed by atoms with Gasteiger partial charge in [-0.2, -0.15) is 13.7 Å². The number of anilines is 1. The lowest BCUT2D eigenvalue weighted by molar-refractivity contribution is 0.598. The molecule has 20 heavy (non-hydrogen) atoms. The minimum absolute atomic E-state index is 0.0460. The molecule has 0 aliphatic rings. The van der Waals surface area contributed by atoms with Crippen LogP contribution in [0.25, 0.3) is 0 Å². The van der Waals surface area contributed by atoms with Crippen LogP contribution in [-0.2, 0) is 17.1 Å². The summed E-state index contributed by atoms with van der Waals surface area (Å²) in [5, 5.41) is 8.30. The van der Waals surface area contributed by atoms with E-state index < -0.39 is 15.8 Å². The largest absolute Gasteiger partial charge is 0.324 e. The second-order valence-electron chi connectivity index (χ2n) is 3.86. The van der Waals surface area contributed by atoms with E-state index in [4.69, 9.17) is 16.9 Å². The molecule has 0 bridgehead atoms. The molecule has 0 amide bonds. The second-order valence-corrected chi connectivity index (χ2v) is 5.82. The van der Waals surface area contributed by atoms with Crippen LogP contribution in [0, 0.1) is 17.1 Å². The minimum Gasteiger partial charge on any atom is -0.324 e. The van der Waals surface area contributed by atoms with Crippen molar-refractivity contribution in [1.82, 2.24) is 9.55 Å². The summed E-state index contributed by atoms with van der Waals surface area (Å²) in [6.07, 6.45) is 1.25. The quantitative estimate of drug-likeness (QED) is 0.937. The fraction of sp³-hybridized carbons (Fsp3) is 0.0909. The summed E-state index contributed by atoms with van der Waals surface area (Å²) in [5.74, 6) is -0.730. The Balaban J connectivity index is 2.39. The highest BCUT2D eigenvalue weighted by atomic mass is 35.5. The van der Waals surface area contributed by atoms with Crippen LogP contribution in [0.15, 0.2) is 29.6 Å². The van der Waals surface area contributed by atoms with E-state index in [0.29, 0.717) is 0 Å². The van der Waals surface area contributed by atoms with Gasteiger partial charge in [0.15, 0.2) is 0 Å². The summed E-state index contributed by atoms with van der Waals surface area (Å²) < 4.78 is 40.8. The number of hydrogen-bond donors (Lipinski definition) is 1. The number of benzene rings is 1. The number of aromatic nitrogens is 2. The molecular formula is C11H8ClFN4O2S. The first-order valence-electron chi connectivity index (χ1n) is 5.24. The van der Waals surface area contributed by atoms with Gasteiger partial charge >= 0.3 is 0 Å². The molecule has 0 aliphatic heterocycles. The highest BCUT2D eigenvalue weighted by Crippen LogP contribution is 2.22. The van der Waals surface area contributed by atoms with Gasteiger partial charge in [-0.05, 0) is 18.2 Å². The minimum atomic E-state index is -4.01. The number of aryl methyl sites for hydroxylation is 1. The summed E-state index contributed by atoms with van der Waals surface area (Å²) in [5.41, 5.74) is -0.220. The van der Waals surface area contributed by atoms with Crippen LogP contribution in [0.4, 0.5) is 10.1 Å². The Morgan fingerprint density at radius 2 is 2.20 bits per heavy atom. The van der Waals surface area contributed by atoms with Crippen LogP contribution < -0.4 is 4.72 Å². The number of hydrogen-bond acceptors (Lipinski definition) is 4. The lowest BCUT2D eigenvalue weighted by Gasteiger charge is -2.07. The predicted molar refractivity (Wildman–Crippen MR) is 70.1 cm³/mol. The van der Waals surface area contributed by atoms with Gasteiger partial charge in [-0.15, -0.1) is 0 Å². The maximum Gasteiger partial charge on any atom is 0.282 e. The van der Waals surface area contributed by atoms with Gasteiger partial charge in [-0.25, -0.2) is 9.37 Å². The van der Waals surface area contributed by atoms with Gasteiger partial charge in [-0.3, -0.25) is 4.72 Å². The first-order chi connectivity index (χ1) is 9.35. The van der Waals surface area contributed by atoms with Gasteiger partial charge < -0.3 is 4.57 Å². The molecule has 6 nitrogen and oxygen atoms in total. The van der Waals surface area contributed by atoms with Crippen LogP contribution in [0.1, 0.15) is 5.56 Å². The lowest BCUT2D eigenvalue weighted by Crippen LogP contribution is -2.14. The van der Waals surface area contributed by atoms with Crippen molar-refractivity contribution in [2.75, 3.05) is 4.72 Å². The van der Waals surface area contributed by atoms with E-state index >= 15 is 0 Å². The third-order valence-corrected chi connectivity index (χ3v) is 4.30. The van der Waals surface area contributed by atoms with Crippen molar-refractivity contribution < 1.29 is 12.8 Å². The third kappa shape index (κ3) is 2.59. The highest BCUT2D eigenvalue weighted by molar-refractivity contribution is 7.92. The number of nitriles is 1. The third-order valence-electron chi connectivity index (χ3n) is 2.43. The van der Waals surface area contributed by atoms with Crippen molar-refractivity contribution in [1.29, 1.82) is 5.26 Å². The van der Waals surface area contributed by atoms with Crippen molar-refractivity contribution >= 4 is 27.3 Å². The number of imidazole rings is 1. The summed E-state index contributed by atoms with van der Waals surface area (Å²) in [6, 6.07) is 4.90. The van der Waals surface area contributed by atoms with E-state index in [-0.39, 0.29) is 21.4 Å². The van der Waals surface area contributed by atoms with Crippen molar-refractivity contribution in [3.8, 4) is 6.07 Å². The molecule has 0 unspecified atom stereocenters. The molecule has 1 aromatic carbocycles. The van der Waals surface area contributed by atoms with E-state index in [2.05, 4.69) is 9.71 Å². The predicted octanol–water partition coefficient (Wildman–Crippen LogP) is 1.89. The first kappa shape index (κ1) is 14.3. The van der Waals surface area contributed by atoms with Gasteiger partial charge in [0.2, 0.25) is 5.03 Å². The van der Waals surface area contributed by atoms with Crippen molar-refractivity contribution in [2.45, 2.75) is 5.03 Å². The Kier molecular flexibility index (Phi) is 3.65. The fourth-order valence-electron chi connectivity index (χ4n) is 1.45. The van der Waals surface area contributed by atoms with E-state index in [9.17, 15) is 12.8 Å². The number of nitrogens with zero attached hydrogens (tertiary/aromatic N) is 3. The van der Waals surface area contributed by atoms with Crippen LogP contribution >= 0.6 is 11.6 Å². The van der Waals surface area contributed by atoms with Crippen molar-refractivity contribution in [3.05, 3.63) is 41.1 Å². The number of sulfonamides is 1. The molecule has 0 saturated heterocycles. The molecular weight excluding hydrogens is 307 g/mol. The normalized spacial score (nSPS) is 11.1. The molecule has 0 fully saturated rings. The van der Waals surface area contributed by atoms with Crippen LogP contribution in [-0.4, -0.2) is 18.0 Å². The smallest absolute Gasteiger partial charge is 0.282 e. The average Bonchev–Trinajstić information content (AvgIpc) is 2.72. The Morgan fingerprint density at radius 3 is 2.75 bits per heavy atom. The van der Waals surface area contributed by atoms with Crippen LogP contribution in [0.2, 0.25) is 5.15 Å². The van der Waals surface area contributed by atoms with E-state index in [0.717, 1.165) is 12.1 Å². The van der Waals surface area contributed by atoms with Gasteiger partial charge in [0.25, 0.3) is 10.0 Å². The molecule has 0 aliphatic carbocycles. The molecule has 0 spiro atoms.